The van der Waals surface area contributed by atoms with Gasteiger partial charge in [0.1, 0.15) is 0 Å². The molecule has 0 amide bonds. The lowest BCUT2D eigenvalue weighted by molar-refractivity contribution is -0.132. The molecule has 1 aromatic carbocycles. The molecule has 1 rings (SSSR count). The van der Waals surface area contributed by atoms with Crippen LogP contribution in [0.15, 0.2) is 17.2 Å². The monoisotopic (exact) mass is 353 g/mol. The Balaban J connectivity index is 2.83. The van der Waals surface area contributed by atoms with Crippen LogP contribution in [0.2, 0.25) is 0 Å². The van der Waals surface area contributed by atoms with Crippen LogP contribution in [-0.4, -0.2) is 38.1 Å². The fourth-order valence-corrected chi connectivity index (χ4v) is 1.96. The van der Waals surface area contributed by atoms with Crippen molar-refractivity contribution in [3.05, 3.63) is 17.7 Å². The molecule has 0 saturated heterocycles. The van der Waals surface area contributed by atoms with E-state index in [2.05, 4.69) is 22.8 Å². The number of benzene rings is 1. The van der Waals surface area contributed by atoms with Crippen molar-refractivity contribution in [2.75, 3.05) is 20.8 Å². The first-order chi connectivity index (χ1) is 11.5. The van der Waals surface area contributed by atoms with E-state index in [9.17, 15) is 4.79 Å². The molecule has 0 spiro atoms. The van der Waals surface area contributed by atoms with Gasteiger partial charge in [0.2, 0.25) is 5.75 Å². The quantitative estimate of drug-likeness (QED) is 0.185. The molecule has 0 bridgehead atoms. The van der Waals surface area contributed by atoms with Gasteiger partial charge in [0, 0.05) is 19.0 Å². The molecular weight excluding hydrogens is 330 g/mol. The lowest BCUT2D eigenvalue weighted by Gasteiger charge is -2.13. The van der Waals surface area contributed by atoms with Gasteiger partial charge in [-0.15, -0.1) is 0 Å². The first kappa shape index (κ1) is 19.7. The number of hydrazone groups is 1. The summed E-state index contributed by atoms with van der Waals surface area (Å²) in [6.07, 6.45) is 3.70. The van der Waals surface area contributed by atoms with Crippen molar-refractivity contribution in [1.82, 2.24) is 10.7 Å². The predicted molar refractivity (Wildman–Crippen MR) is 97.1 cm³/mol. The van der Waals surface area contributed by atoms with E-state index in [-0.39, 0.29) is 5.75 Å². The molecule has 1 aromatic rings. The normalized spacial score (nSPS) is 10.3. The number of esters is 1. The van der Waals surface area contributed by atoms with Crippen LogP contribution in [0.3, 0.4) is 0 Å². The summed E-state index contributed by atoms with van der Waals surface area (Å²) in [7, 11) is 2.96. The molecular formula is C16H23N3O4S. The number of unbranched alkanes of at least 4 members (excludes halogenated alkanes) is 1. The Kier molecular flexibility index (Phi) is 8.56. The second-order valence-electron chi connectivity index (χ2n) is 4.83. The number of nitrogens with one attached hydrogen (secondary N) is 2. The van der Waals surface area contributed by atoms with E-state index in [1.165, 1.54) is 21.1 Å². The minimum Gasteiger partial charge on any atom is -0.493 e. The highest BCUT2D eigenvalue weighted by atomic mass is 32.1. The van der Waals surface area contributed by atoms with Gasteiger partial charge in [-0.2, -0.15) is 5.10 Å². The third kappa shape index (κ3) is 6.41. The van der Waals surface area contributed by atoms with E-state index in [1.54, 1.807) is 18.3 Å². The summed E-state index contributed by atoms with van der Waals surface area (Å²) in [6.45, 7) is 4.22. The Morgan fingerprint density at radius 1 is 1.29 bits per heavy atom. The van der Waals surface area contributed by atoms with Gasteiger partial charge in [-0.3, -0.25) is 10.2 Å². The SMILES string of the molecule is CCCCNC(=S)NN=Cc1cc(OC)c(OC(C)=O)c(OC)c1. The van der Waals surface area contributed by atoms with Crippen molar-refractivity contribution in [1.29, 1.82) is 0 Å². The molecule has 0 aliphatic heterocycles. The van der Waals surface area contributed by atoms with Crippen LogP contribution < -0.4 is 25.0 Å². The van der Waals surface area contributed by atoms with Gasteiger partial charge in [-0.1, -0.05) is 13.3 Å². The smallest absolute Gasteiger partial charge is 0.308 e. The summed E-state index contributed by atoms with van der Waals surface area (Å²) in [5.41, 5.74) is 3.43. The van der Waals surface area contributed by atoms with Gasteiger partial charge in [0.25, 0.3) is 0 Å². The number of carbonyl (C=O) groups excluding carboxylic acids is 1. The van der Waals surface area contributed by atoms with Crippen LogP contribution in [0, 0.1) is 0 Å². The number of rotatable bonds is 8. The van der Waals surface area contributed by atoms with Gasteiger partial charge in [0.15, 0.2) is 16.6 Å². The second kappa shape index (κ2) is 10.4. The predicted octanol–water partition coefficient (Wildman–Crippen LogP) is 2.23. The Labute approximate surface area is 147 Å². The Morgan fingerprint density at radius 3 is 2.42 bits per heavy atom. The zero-order valence-electron chi connectivity index (χ0n) is 14.3. The Morgan fingerprint density at radius 2 is 1.92 bits per heavy atom. The molecule has 0 aliphatic rings. The van der Waals surface area contributed by atoms with Crippen molar-refractivity contribution in [2.24, 2.45) is 5.10 Å². The molecule has 2 N–H and O–H groups in total. The zero-order chi connectivity index (χ0) is 17.9. The molecule has 0 radical (unpaired) electrons. The van der Waals surface area contributed by atoms with Crippen molar-refractivity contribution in [3.63, 3.8) is 0 Å². The third-order valence-electron chi connectivity index (χ3n) is 2.92. The average molecular weight is 353 g/mol. The summed E-state index contributed by atoms with van der Waals surface area (Å²) in [5, 5.41) is 7.56. The van der Waals surface area contributed by atoms with Crippen LogP contribution in [0.4, 0.5) is 0 Å². The second-order valence-corrected chi connectivity index (χ2v) is 5.24. The first-order valence-corrected chi connectivity index (χ1v) is 7.94. The summed E-state index contributed by atoms with van der Waals surface area (Å²) < 4.78 is 15.6. The molecule has 24 heavy (non-hydrogen) atoms. The van der Waals surface area contributed by atoms with Gasteiger partial charge >= 0.3 is 5.97 Å². The van der Waals surface area contributed by atoms with Crippen LogP contribution in [0.25, 0.3) is 0 Å². The standard InChI is InChI=1S/C16H23N3O4S/c1-5-6-7-17-16(24)19-18-10-12-8-13(21-3)15(23-11(2)20)14(9-12)22-4/h8-10H,5-7H2,1-4H3,(H2,17,19,24). The van der Waals surface area contributed by atoms with Gasteiger partial charge in [-0.25, -0.2) is 0 Å². The largest absolute Gasteiger partial charge is 0.493 e. The number of carbonyl (C=O) groups is 1. The zero-order valence-corrected chi connectivity index (χ0v) is 15.2. The lowest BCUT2D eigenvalue weighted by Crippen LogP contribution is -2.32. The maximum atomic E-state index is 11.2. The topological polar surface area (TPSA) is 81.2 Å². The lowest BCUT2D eigenvalue weighted by atomic mass is 10.2. The van der Waals surface area contributed by atoms with Crippen LogP contribution in [-0.2, 0) is 4.79 Å². The van der Waals surface area contributed by atoms with Crippen molar-refractivity contribution >= 4 is 29.5 Å². The van der Waals surface area contributed by atoms with E-state index in [1.807, 2.05) is 0 Å². The fraction of sp³-hybridized carbons (Fsp3) is 0.438. The van der Waals surface area contributed by atoms with E-state index >= 15 is 0 Å². The molecule has 0 saturated carbocycles. The Bertz CT molecular complexity index is 580. The van der Waals surface area contributed by atoms with Gasteiger partial charge in [0.05, 0.1) is 20.4 Å². The molecule has 0 aromatic heterocycles. The minimum atomic E-state index is -0.460. The van der Waals surface area contributed by atoms with Crippen molar-refractivity contribution in [2.45, 2.75) is 26.7 Å². The van der Waals surface area contributed by atoms with E-state index in [0.717, 1.165) is 19.4 Å². The van der Waals surface area contributed by atoms with Crippen LogP contribution in [0.5, 0.6) is 17.2 Å². The molecule has 132 valence electrons. The molecule has 0 unspecified atom stereocenters. The summed E-state index contributed by atoms with van der Waals surface area (Å²) in [5.74, 6) is 0.511. The molecule has 7 nitrogen and oxygen atoms in total. The van der Waals surface area contributed by atoms with Crippen molar-refractivity contribution in [3.8, 4) is 17.2 Å². The molecule has 0 fully saturated rings. The minimum absolute atomic E-state index is 0.231. The van der Waals surface area contributed by atoms with Crippen LogP contribution in [0.1, 0.15) is 32.3 Å². The number of methoxy groups -OCH3 is 2. The fourth-order valence-electron chi connectivity index (χ4n) is 1.80. The maximum absolute atomic E-state index is 11.2. The van der Waals surface area contributed by atoms with Gasteiger partial charge < -0.3 is 19.5 Å². The number of hydrogen-bond acceptors (Lipinski definition) is 6. The van der Waals surface area contributed by atoms with Gasteiger partial charge in [-0.05, 0) is 30.8 Å². The highest BCUT2D eigenvalue weighted by Crippen LogP contribution is 2.38. The van der Waals surface area contributed by atoms with E-state index in [0.29, 0.717) is 22.2 Å². The highest BCUT2D eigenvalue weighted by molar-refractivity contribution is 7.80. The number of thiocarbonyl (C=S) groups is 1. The van der Waals surface area contributed by atoms with Crippen LogP contribution >= 0.6 is 12.2 Å². The average Bonchev–Trinajstić information content (AvgIpc) is 2.55. The number of hydrogen-bond donors (Lipinski definition) is 2. The summed E-state index contributed by atoms with van der Waals surface area (Å²) >= 11 is 5.11. The third-order valence-corrected chi connectivity index (χ3v) is 3.16. The number of nitrogens with zero attached hydrogens (tertiary/aromatic N) is 1. The molecule has 8 heteroatoms. The van der Waals surface area contributed by atoms with E-state index < -0.39 is 5.97 Å². The maximum Gasteiger partial charge on any atom is 0.308 e. The molecule has 0 heterocycles. The van der Waals surface area contributed by atoms with E-state index in [4.69, 9.17) is 26.4 Å². The summed E-state index contributed by atoms with van der Waals surface area (Å²) in [6, 6.07) is 3.36. The first-order valence-electron chi connectivity index (χ1n) is 7.53. The Hall–Kier alpha value is -2.35. The molecule has 0 atom stereocenters. The summed E-state index contributed by atoms with van der Waals surface area (Å²) in [4.78, 5) is 11.2. The number of ether oxygens (including phenoxy) is 3. The van der Waals surface area contributed by atoms with Crippen molar-refractivity contribution < 1.29 is 19.0 Å². The highest BCUT2D eigenvalue weighted by Gasteiger charge is 2.15. The molecule has 0 aliphatic carbocycles.